The highest BCUT2D eigenvalue weighted by molar-refractivity contribution is 6.32. The van der Waals surface area contributed by atoms with Crippen molar-refractivity contribution in [1.82, 2.24) is 9.88 Å². The first-order valence-electron chi connectivity index (χ1n) is 7.51. The van der Waals surface area contributed by atoms with Crippen molar-refractivity contribution in [3.63, 3.8) is 0 Å². The number of carbonyl (C=O) groups excluding carboxylic acids is 1. The average Bonchev–Trinajstić information content (AvgIpc) is 3.23. The fourth-order valence-electron chi connectivity index (χ4n) is 3.09. The number of likely N-dealkylation sites (tertiary alicyclic amines) is 1. The third-order valence-corrected chi connectivity index (χ3v) is 4.46. The zero-order valence-corrected chi connectivity index (χ0v) is 13.9. The Morgan fingerprint density at radius 3 is 2.83 bits per heavy atom. The highest BCUT2D eigenvalue weighted by Crippen LogP contribution is 2.38. The summed E-state index contributed by atoms with van der Waals surface area (Å²) in [6.07, 6.45) is 3.81. The molecule has 1 N–H and O–H groups in total. The molecule has 0 aliphatic carbocycles. The van der Waals surface area contributed by atoms with Gasteiger partial charge in [0.25, 0.3) is 5.91 Å². The van der Waals surface area contributed by atoms with Crippen molar-refractivity contribution in [2.24, 2.45) is 0 Å². The van der Waals surface area contributed by atoms with Gasteiger partial charge in [0.2, 0.25) is 0 Å². The SMILES string of the molecule is COc1cc(C(=O)N2CCCC2c2ccc[nH]2)cc(Cl)c1OC. The maximum atomic E-state index is 12.9. The number of nitrogens with one attached hydrogen (secondary N) is 1. The standard InChI is InChI=1S/C17H19ClN2O3/c1-22-15-10-11(9-12(18)16(15)23-2)17(21)20-8-4-6-14(20)13-5-3-7-19-13/h3,5,7,9-10,14,19H,4,6,8H2,1-2H3. The highest BCUT2D eigenvalue weighted by Gasteiger charge is 2.31. The molecule has 1 fully saturated rings. The zero-order chi connectivity index (χ0) is 16.4. The van der Waals surface area contributed by atoms with Crippen LogP contribution in [0.1, 0.15) is 34.9 Å². The Morgan fingerprint density at radius 2 is 2.17 bits per heavy atom. The second-order valence-corrected chi connectivity index (χ2v) is 5.88. The fraction of sp³-hybridized carbons (Fsp3) is 0.353. The number of ether oxygens (including phenoxy) is 2. The first-order valence-corrected chi connectivity index (χ1v) is 7.89. The molecule has 1 unspecified atom stereocenters. The van der Waals surface area contributed by atoms with Crippen molar-refractivity contribution in [1.29, 1.82) is 0 Å². The van der Waals surface area contributed by atoms with E-state index in [2.05, 4.69) is 4.98 Å². The van der Waals surface area contributed by atoms with E-state index in [1.807, 2.05) is 23.2 Å². The first-order chi connectivity index (χ1) is 11.2. The van der Waals surface area contributed by atoms with E-state index in [9.17, 15) is 4.79 Å². The monoisotopic (exact) mass is 334 g/mol. The summed E-state index contributed by atoms with van der Waals surface area (Å²) in [5, 5.41) is 0.367. The number of hydrogen-bond acceptors (Lipinski definition) is 3. The molecule has 0 saturated carbocycles. The summed E-state index contributed by atoms with van der Waals surface area (Å²) in [5.41, 5.74) is 1.56. The molecule has 2 aromatic rings. The Balaban J connectivity index is 1.92. The smallest absolute Gasteiger partial charge is 0.254 e. The van der Waals surface area contributed by atoms with E-state index < -0.39 is 0 Å². The molecule has 1 atom stereocenters. The molecular weight excluding hydrogens is 316 g/mol. The van der Waals surface area contributed by atoms with Crippen LogP contribution in [0.2, 0.25) is 5.02 Å². The van der Waals surface area contributed by atoms with Crippen LogP contribution >= 0.6 is 11.6 Å². The maximum Gasteiger partial charge on any atom is 0.254 e. The molecule has 1 amide bonds. The number of aromatic amines is 1. The molecule has 1 saturated heterocycles. The van der Waals surface area contributed by atoms with Crippen LogP contribution in [0.4, 0.5) is 0 Å². The predicted molar refractivity (Wildman–Crippen MR) is 88.4 cm³/mol. The summed E-state index contributed by atoms with van der Waals surface area (Å²) in [6.45, 7) is 0.731. The Labute approximate surface area is 140 Å². The molecule has 1 aliphatic rings. The molecule has 0 spiro atoms. The number of halogens is 1. The number of H-pyrrole nitrogens is 1. The molecule has 1 aromatic carbocycles. The summed E-state index contributed by atoms with van der Waals surface area (Å²) >= 11 is 6.22. The van der Waals surface area contributed by atoms with Gasteiger partial charge in [-0.2, -0.15) is 0 Å². The van der Waals surface area contributed by atoms with E-state index in [-0.39, 0.29) is 11.9 Å². The van der Waals surface area contributed by atoms with Gasteiger partial charge in [0.05, 0.1) is 25.3 Å². The molecule has 3 rings (SSSR count). The minimum atomic E-state index is -0.0510. The Hall–Kier alpha value is -2.14. The van der Waals surface area contributed by atoms with Crippen LogP contribution in [0.3, 0.4) is 0 Å². The summed E-state index contributed by atoms with van der Waals surface area (Å²) in [4.78, 5) is 18.0. The van der Waals surface area contributed by atoms with Crippen LogP contribution in [0.25, 0.3) is 0 Å². The lowest BCUT2D eigenvalue weighted by Crippen LogP contribution is -2.30. The average molecular weight is 335 g/mol. The molecular formula is C17H19ClN2O3. The Kier molecular flexibility index (Phi) is 4.48. The van der Waals surface area contributed by atoms with Gasteiger partial charge in [-0.25, -0.2) is 0 Å². The zero-order valence-electron chi connectivity index (χ0n) is 13.1. The van der Waals surface area contributed by atoms with Gasteiger partial charge < -0.3 is 19.4 Å². The summed E-state index contributed by atoms with van der Waals surface area (Å²) in [7, 11) is 3.05. The Morgan fingerprint density at radius 1 is 1.35 bits per heavy atom. The topological polar surface area (TPSA) is 54.6 Å². The van der Waals surface area contributed by atoms with Gasteiger partial charge in [0, 0.05) is 24.0 Å². The fourth-order valence-corrected chi connectivity index (χ4v) is 3.38. The molecule has 5 nitrogen and oxygen atoms in total. The van der Waals surface area contributed by atoms with E-state index in [0.29, 0.717) is 22.1 Å². The number of nitrogens with zero attached hydrogens (tertiary/aromatic N) is 1. The van der Waals surface area contributed by atoms with Gasteiger partial charge in [-0.15, -0.1) is 0 Å². The van der Waals surface area contributed by atoms with Crippen LogP contribution < -0.4 is 9.47 Å². The van der Waals surface area contributed by atoms with Gasteiger partial charge in [-0.05, 0) is 37.1 Å². The van der Waals surface area contributed by atoms with Gasteiger partial charge in [0.1, 0.15) is 0 Å². The van der Waals surface area contributed by atoms with E-state index in [1.54, 1.807) is 12.1 Å². The molecule has 1 aromatic heterocycles. The summed E-state index contributed by atoms with van der Waals surface area (Å²) in [5.74, 6) is 0.844. The molecule has 122 valence electrons. The lowest BCUT2D eigenvalue weighted by Gasteiger charge is -2.24. The lowest BCUT2D eigenvalue weighted by atomic mass is 10.1. The molecule has 1 aliphatic heterocycles. The van der Waals surface area contributed by atoms with Crippen molar-refractivity contribution in [3.05, 3.63) is 46.7 Å². The number of rotatable bonds is 4. The van der Waals surface area contributed by atoms with Crippen molar-refractivity contribution in [3.8, 4) is 11.5 Å². The number of amides is 1. The number of benzene rings is 1. The van der Waals surface area contributed by atoms with Crippen molar-refractivity contribution >= 4 is 17.5 Å². The van der Waals surface area contributed by atoms with E-state index >= 15 is 0 Å². The quantitative estimate of drug-likeness (QED) is 0.928. The predicted octanol–water partition coefficient (Wildman–Crippen LogP) is 3.66. The number of hydrogen-bond donors (Lipinski definition) is 1. The number of methoxy groups -OCH3 is 2. The summed E-state index contributed by atoms with van der Waals surface area (Å²) in [6, 6.07) is 7.35. The first kappa shape index (κ1) is 15.7. The molecule has 6 heteroatoms. The highest BCUT2D eigenvalue weighted by atomic mass is 35.5. The molecule has 0 bridgehead atoms. The molecule has 2 heterocycles. The van der Waals surface area contributed by atoms with E-state index in [1.165, 1.54) is 14.2 Å². The van der Waals surface area contributed by atoms with Gasteiger partial charge in [-0.1, -0.05) is 11.6 Å². The van der Waals surface area contributed by atoms with Crippen molar-refractivity contribution in [2.75, 3.05) is 20.8 Å². The largest absolute Gasteiger partial charge is 0.493 e. The Bertz CT molecular complexity index is 700. The summed E-state index contributed by atoms with van der Waals surface area (Å²) < 4.78 is 10.5. The van der Waals surface area contributed by atoms with Gasteiger partial charge in [0.15, 0.2) is 11.5 Å². The molecule has 23 heavy (non-hydrogen) atoms. The van der Waals surface area contributed by atoms with Crippen molar-refractivity contribution in [2.45, 2.75) is 18.9 Å². The maximum absolute atomic E-state index is 12.9. The minimum Gasteiger partial charge on any atom is -0.493 e. The second kappa shape index (κ2) is 6.54. The van der Waals surface area contributed by atoms with Crippen LogP contribution in [-0.2, 0) is 0 Å². The number of carbonyl (C=O) groups is 1. The van der Waals surface area contributed by atoms with Crippen LogP contribution in [-0.4, -0.2) is 36.6 Å². The minimum absolute atomic E-state index is 0.0510. The third kappa shape index (κ3) is 2.88. The van der Waals surface area contributed by atoms with Gasteiger partial charge >= 0.3 is 0 Å². The molecule has 0 radical (unpaired) electrons. The van der Waals surface area contributed by atoms with E-state index in [4.69, 9.17) is 21.1 Å². The van der Waals surface area contributed by atoms with Crippen LogP contribution in [0.15, 0.2) is 30.5 Å². The van der Waals surface area contributed by atoms with Crippen molar-refractivity contribution < 1.29 is 14.3 Å². The third-order valence-electron chi connectivity index (χ3n) is 4.18. The van der Waals surface area contributed by atoms with Gasteiger partial charge in [-0.3, -0.25) is 4.79 Å². The lowest BCUT2D eigenvalue weighted by molar-refractivity contribution is 0.0733. The van der Waals surface area contributed by atoms with E-state index in [0.717, 1.165) is 25.1 Å². The van der Waals surface area contributed by atoms with Crippen LogP contribution in [0.5, 0.6) is 11.5 Å². The number of aromatic nitrogens is 1. The van der Waals surface area contributed by atoms with Crippen LogP contribution in [0, 0.1) is 0 Å². The normalized spacial score (nSPS) is 17.3. The second-order valence-electron chi connectivity index (χ2n) is 5.48.